The summed E-state index contributed by atoms with van der Waals surface area (Å²) in [5, 5.41) is 14.7. The van der Waals surface area contributed by atoms with E-state index in [1.807, 2.05) is 17.4 Å². The summed E-state index contributed by atoms with van der Waals surface area (Å²) in [6.45, 7) is 0.460. The smallest absolute Gasteiger partial charge is 0.176 e. The summed E-state index contributed by atoms with van der Waals surface area (Å²) in [5.41, 5.74) is 7.09. The molecule has 0 aliphatic carbocycles. The molecule has 1 amide bonds. The van der Waals surface area contributed by atoms with Crippen molar-refractivity contribution in [1.82, 2.24) is 5.32 Å². The van der Waals surface area contributed by atoms with Crippen LogP contribution in [-0.4, -0.2) is 11.2 Å². The van der Waals surface area contributed by atoms with Crippen LogP contribution in [0, 0.1) is 0 Å². The number of anilines is 1. The van der Waals surface area contributed by atoms with Crippen LogP contribution in [0.15, 0.2) is 24.3 Å². The number of carboxylic acid groups (broad SMARTS) is 1. The van der Waals surface area contributed by atoms with Gasteiger partial charge in [0.15, 0.2) is 5.11 Å². The van der Waals surface area contributed by atoms with Crippen LogP contribution in [-0.2, 0) is 6.54 Å². The Labute approximate surface area is 92.3 Å². The molecule has 0 saturated heterocycles. The molecular weight excluding hydrogens is 214 g/mol. The van der Waals surface area contributed by atoms with Gasteiger partial charge in [-0.05, 0) is 29.9 Å². The molecule has 1 aromatic rings. The molecule has 0 unspecified atom stereocenters. The largest absolute Gasteiger partial charge is 0.530 e. The highest BCUT2D eigenvalue weighted by Crippen LogP contribution is 2.08. The van der Waals surface area contributed by atoms with Gasteiger partial charge in [-0.2, -0.15) is 0 Å². The maximum atomic E-state index is 10.1. The highest BCUT2D eigenvalue weighted by molar-refractivity contribution is 7.80. The van der Waals surface area contributed by atoms with Crippen LogP contribution in [0.1, 0.15) is 5.56 Å². The molecule has 0 aromatic heterocycles. The molecule has 1 aromatic carbocycles. The highest BCUT2D eigenvalue weighted by atomic mass is 32.1. The zero-order valence-corrected chi connectivity index (χ0v) is 8.64. The lowest BCUT2D eigenvalue weighted by molar-refractivity contribution is -0.248. The predicted octanol–water partition coefficient (Wildman–Crippen LogP) is -0.225. The molecule has 0 saturated carbocycles. The lowest BCUT2D eigenvalue weighted by Gasteiger charge is -2.10. The monoisotopic (exact) mass is 224 g/mol. The molecule has 5 nitrogen and oxygen atoms in total. The first-order chi connectivity index (χ1) is 7.11. The quantitative estimate of drug-likeness (QED) is 0.604. The van der Waals surface area contributed by atoms with Crippen LogP contribution in [0.2, 0.25) is 0 Å². The standard InChI is InChI=1S/C9H11N3O2S/c10-5-6-1-3-7(4-2-6)11-8(15)12-9(13)14/h1-4H,5,10H2,(H,13,14)(H2,11,12,15)/p-1. The van der Waals surface area contributed by atoms with Gasteiger partial charge in [0.05, 0.1) is 0 Å². The fourth-order valence-corrected chi connectivity index (χ4v) is 1.18. The number of thiocarbonyl (C=S) groups is 1. The van der Waals surface area contributed by atoms with Crippen LogP contribution in [0.3, 0.4) is 0 Å². The number of carbonyl (C=O) groups is 1. The summed E-state index contributed by atoms with van der Waals surface area (Å²) < 4.78 is 0. The fraction of sp³-hybridized carbons (Fsp3) is 0.111. The maximum absolute atomic E-state index is 10.1. The molecular formula is C9H10N3O2S-. The molecule has 0 atom stereocenters. The Bertz CT molecular complexity index is 364. The Balaban J connectivity index is 2.57. The van der Waals surface area contributed by atoms with Crippen molar-refractivity contribution in [2.45, 2.75) is 6.54 Å². The highest BCUT2D eigenvalue weighted by Gasteiger charge is 1.96. The number of hydrogen-bond donors (Lipinski definition) is 3. The molecule has 0 fully saturated rings. The van der Waals surface area contributed by atoms with Gasteiger partial charge in [-0.15, -0.1) is 0 Å². The molecule has 1 rings (SSSR count). The minimum Gasteiger partial charge on any atom is -0.530 e. The Hall–Kier alpha value is -1.66. The van der Waals surface area contributed by atoms with E-state index in [1.54, 1.807) is 12.1 Å². The van der Waals surface area contributed by atoms with Gasteiger partial charge in [-0.3, -0.25) is 0 Å². The maximum Gasteiger partial charge on any atom is 0.176 e. The third-order valence-electron chi connectivity index (χ3n) is 1.66. The van der Waals surface area contributed by atoms with Gasteiger partial charge in [-0.25, -0.2) is 0 Å². The van der Waals surface area contributed by atoms with Gasteiger partial charge in [0.1, 0.15) is 6.09 Å². The molecule has 6 heteroatoms. The van der Waals surface area contributed by atoms with Crippen molar-refractivity contribution in [2.75, 3.05) is 5.32 Å². The molecule has 0 spiro atoms. The summed E-state index contributed by atoms with van der Waals surface area (Å²) >= 11 is 4.71. The van der Waals surface area contributed by atoms with Gasteiger partial charge in [-0.1, -0.05) is 12.1 Å². The number of hydrogen-bond acceptors (Lipinski definition) is 4. The summed E-state index contributed by atoms with van der Waals surface area (Å²) in [5.74, 6) is 0. The molecule has 0 aliphatic heterocycles. The lowest BCUT2D eigenvalue weighted by Crippen LogP contribution is -2.42. The van der Waals surface area contributed by atoms with Gasteiger partial charge in [0, 0.05) is 12.2 Å². The van der Waals surface area contributed by atoms with E-state index in [1.165, 1.54) is 0 Å². The zero-order chi connectivity index (χ0) is 11.3. The SMILES string of the molecule is NCc1ccc(NC(=S)NC(=O)[O-])cc1. The van der Waals surface area contributed by atoms with Gasteiger partial charge >= 0.3 is 0 Å². The van der Waals surface area contributed by atoms with Crippen molar-refractivity contribution >= 4 is 29.1 Å². The van der Waals surface area contributed by atoms with Crippen LogP contribution in [0.5, 0.6) is 0 Å². The van der Waals surface area contributed by atoms with Crippen molar-refractivity contribution in [1.29, 1.82) is 0 Å². The Morgan fingerprint density at radius 2 is 2.00 bits per heavy atom. The van der Waals surface area contributed by atoms with E-state index in [4.69, 9.17) is 18.0 Å². The van der Waals surface area contributed by atoms with E-state index in [9.17, 15) is 9.90 Å². The number of nitrogens with one attached hydrogen (secondary N) is 2. The van der Waals surface area contributed by atoms with Gasteiger partial charge < -0.3 is 26.3 Å². The normalized spacial score (nSPS) is 9.40. The van der Waals surface area contributed by atoms with E-state index in [0.717, 1.165) is 5.56 Å². The first kappa shape index (κ1) is 11.4. The number of benzene rings is 1. The van der Waals surface area contributed by atoms with E-state index in [-0.39, 0.29) is 5.11 Å². The van der Waals surface area contributed by atoms with E-state index in [0.29, 0.717) is 12.2 Å². The minimum atomic E-state index is -1.44. The molecule has 80 valence electrons. The van der Waals surface area contributed by atoms with E-state index in [2.05, 4.69) is 5.32 Å². The summed E-state index contributed by atoms with van der Waals surface area (Å²) in [4.78, 5) is 10.1. The average molecular weight is 224 g/mol. The third kappa shape index (κ3) is 3.92. The second kappa shape index (κ2) is 5.28. The minimum absolute atomic E-state index is 0.0181. The number of nitrogens with two attached hydrogens (primary N) is 1. The van der Waals surface area contributed by atoms with Gasteiger partial charge in [0.25, 0.3) is 0 Å². The van der Waals surface area contributed by atoms with Crippen molar-refractivity contribution in [2.24, 2.45) is 5.73 Å². The lowest BCUT2D eigenvalue weighted by atomic mass is 10.2. The fourth-order valence-electron chi connectivity index (χ4n) is 0.979. The van der Waals surface area contributed by atoms with Crippen LogP contribution >= 0.6 is 12.2 Å². The predicted molar refractivity (Wildman–Crippen MR) is 59.1 cm³/mol. The van der Waals surface area contributed by atoms with Gasteiger partial charge in [0.2, 0.25) is 0 Å². The second-order valence-corrected chi connectivity index (χ2v) is 3.18. The molecule has 15 heavy (non-hydrogen) atoms. The topological polar surface area (TPSA) is 90.2 Å². The van der Waals surface area contributed by atoms with Crippen molar-refractivity contribution in [3.8, 4) is 0 Å². The van der Waals surface area contributed by atoms with Crippen LogP contribution < -0.4 is 21.5 Å². The van der Waals surface area contributed by atoms with Crippen LogP contribution in [0.25, 0.3) is 0 Å². The third-order valence-corrected chi connectivity index (χ3v) is 1.87. The molecule has 4 N–H and O–H groups in total. The second-order valence-electron chi connectivity index (χ2n) is 2.77. The number of carbonyl (C=O) groups excluding carboxylic acids is 1. The molecule has 0 aliphatic rings. The summed E-state index contributed by atoms with van der Waals surface area (Å²) in [6, 6.07) is 7.16. The van der Waals surface area contributed by atoms with E-state index < -0.39 is 6.09 Å². The van der Waals surface area contributed by atoms with Crippen molar-refractivity contribution in [3.63, 3.8) is 0 Å². The van der Waals surface area contributed by atoms with E-state index >= 15 is 0 Å². The first-order valence-electron chi connectivity index (χ1n) is 4.20. The average Bonchev–Trinajstić information content (AvgIpc) is 2.17. The van der Waals surface area contributed by atoms with Crippen molar-refractivity contribution < 1.29 is 9.90 Å². The zero-order valence-electron chi connectivity index (χ0n) is 7.82. The molecule has 0 bridgehead atoms. The summed E-state index contributed by atoms with van der Waals surface area (Å²) in [7, 11) is 0. The Kier molecular flexibility index (Phi) is 4.02. The Morgan fingerprint density at radius 3 is 2.47 bits per heavy atom. The van der Waals surface area contributed by atoms with Crippen LogP contribution in [0.4, 0.5) is 10.5 Å². The molecule has 0 heterocycles. The number of rotatable bonds is 2. The summed E-state index contributed by atoms with van der Waals surface area (Å²) in [6.07, 6.45) is -1.44. The number of amides is 1. The first-order valence-corrected chi connectivity index (χ1v) is 4.60. The van der Waals surface area contributed by atoms with Crippen molar-refractivity contribution in [3.05, 3.63) is 29.8 Å². The Morgan fingerprint density at radius 1 is 1.40 bits per heavy atom. The molecule has 0 radical (unpaired) electrons.